The van der Waals surface area contributed by atoms with Crippen LogP contribution in [0.3, 0.4) is 0 Å². The van der Waals surface area contributed by atoms with Crippen LogP contribution in [0.2, 0.25) is 0 Å². The van der Waals surface area contributed by atoms with Crippen molar-refractivity contribution in [1.82, 2.24) is 4.98 Å². The molecule has 0 bridgehead atoms. The molecule has 1 aromatic carbocycles. The first-order chi connectivity index (χ1) is 10.2. The van der Waals surface area contributed by atoms with Gasteiger partial charge in [0, 0.05) is 23.4 Å². The molecule has 1 aliphatic rings. The lowest BCUT2D eigenvalue weighted by molar-refractivity contribution is 0.131. The third-order valence-corrected chi connectivity index (χ3v) is 4.12. The fraction of sp³-hybridized carbons (Fsp3) is 0.353. The fourth-order valence-corrected chi connectivity index (χ4v) is 3.06. The van der Waals surface area contributed by atoms with Crippen LogP contribution in [0.4, 0.5) is 8.78 Å². The zero-order valence-corrected chi connectivity index (χ0v) is 11.5. The summed E-state index contributed by atoms with van der Waals surface area (Å²) in [7, 11) is 0. The molecule has 0 aliphatic heterocycles. The van der Waals surface area contributed by atoms with Crippen LogP contribution in [-0.4, -0.2) is 10.1 Å². The molecule has 2 unspecified atom stereocenters. The number of aliphatic hydroxyl groups excluding tert-OH is 1. The molecule has 2 nitrogen and oxygen atoms in total. The van der Waals surface area contributed by atoms with Crippen molar-refractivity contribution in [3.63, 3.8) is 0 Å². The van der Waals surface area contributed by atoms with Gasteiger partial charge in [-0.15, -0.1) is 0 Å². The van der Waals surface area contributed by atoms with Crippen molar-refractivity contribution in [3.8, 4) is 0 Å². The van der Waals surface area contributed by atoms with E-state index in [-0.39, 0.29) is 11.5 Å². The van der Waals surface area contributed by atoms with Crippen LogP contribution in [0.5, 0.6) is 0 Å². The molecule has 1 N–H and O–H groups in total. The van der Waals surface area contributed by atoms with E-state index in [0.717, 1.165) is 30.5 Å². The van der Waals surface area contributed by atoms with Gasteiger partial charge in [-0.2, -0.15) is 0 Å². The Labute approximate surface area is 122 Å². The minimum absolute atomic E-state index is 0.0522. The van der Waals surface area contributed by atoms with Crippen molar-refractivity contribution in [1.29, 1.82) is 0 Å². The normalized spacial score (nSPS) is 19.3. The van der Waals surface area contributed by atoms with Gasteiger partial charge in [0.1, 0.15) is 0 Å². The molecule has 4 heteroatoms. The van der Waals surface area contributed by atoms with E-state index in [2.05, 4.69) is 4.98 Å². The number of alkyl halides is 2. The van der Waals surface area contributed by atoms with Gasteiger partial charge in [0.25, 0.3) is 6.43 Å². The third kappa shape index (κ3) is 2.81. The maximum Gasteiger partial charge on any atom is 0.263 e. The van der Waals surface area contributed by atoms with Gasteiger partial charge in [-0.3, -0.25) is 4.98 Å². The predicted octanol–water partition coefficient (Wildman–Crippen LogP) is 4.17. The van der Waals surface area contributed by atoms with Gasteiger partial charge in [-0.05, 0) is 42.5 Å². The van der Waals surface area contributed by atoms with E-state index in [1.807, 2.05) is 12.1 Å². The largest absolute Gasteiger partial charge is 0.388 e. The van der Waals surface area contributed by atoms with Crippen molar-refractivity contribution in [2.75, 3.05) is 0 Å². The summed E-state index contributed by atoms with van der Waals surface area (Å²) in [5.74, 6) is -0.122. The van der Waals surface area contributed by atoms with Gasteiger partial charge in [-0.25, -0.2) is 8.78 Å². The summed E-state index contributed by atoms with van der Waals surface area (Å²) in [5.41, 5.74) is 2.54. The second-order valence-electron chi connectivity index (χ2n) is 5.46. The molecule has 1 heterocycles. The lowest BCUT2D eigenvalue weighted by Crippen LogP contribution is -2.18. The number of fused-ring (bicyclic) bond motifs is 1. The highest BCUT2D eigenvalue weighted by Gasteiger charge is 2.29. The van der Waals surface area contributed by atoms with Crippen molar-refractivity contribution in [2.24, 2.45) is 0 Å². The predicted molar refractivity (Wildman–Crippen MR) is 76.3 cm³/mol. The number of aryl methyl sites for hydroxylation is 1. The number of hydrogen-bond donors (Lipinski definition) is 1. The third-order valence-electron chi connectivity index (χ3n) is 4.12. The summed E-state index contributed by atoms with van der Waals surface area (Å²) < 4.78 is 25.6. The van der Waals surface area contributed by atoms with Gasteiger partial charge in [0.15, 0.2) is 0 Å². The molecule has 0 radical (unpaired) electrons. The Balaban J connectivity index is 1.93. The van der Waals surface area contributed by atoms with Crippen LogP contribution >= 0.6 is 0 Å². The number of aliphatic hydroxyl groups is 1. The summed E-state index contributed by atoms with van der Waals surface area (Å²) in [6, 6.07) is 9.97. The maximum absolute atomic E-state index is 12.8. The van der Waals surface area contributed by atoms with Crippen molar-refractivity contribution < 1.29 is 13.9 Å². The van der Waals surface area contributed by atoms with Gasteiger partial charge in [0.2, 0.25) is 0 Å². The number of benzene rings is 1. The van der Waals surface area contributed by atoms with Crippen LogP contribution in [0.1, 0.15) is 53.7 Å². The molecule has 2 atom stereocenters. The van der Waals surface area contributed by atoms with E-state index < -0.39 is 12.5 Å². The number of aromatic nitrogens is 1. The van der Waals surface area contributed by atoms with E-state index in [1.165, 1.54) is 12.1 Å². The first-order valence-corrected chi connectivity index (χ1v) is 7.16. The Hall–Kier alpha value is -1.81. The lowest BCUT2D eigenvalue weighted by Gasteiger charge is -2.28. The van der Waals surface area contributed by atoms with Gasteiger partial charge >= 0.3 is 0 Å². The smallest absolute Gasteiger partial charge is 0.263 e. The highest BCUT2D eigenvalue weighted by molar-refractivity contribution is 5.32. The van der Waals surface area contributed by atoms with E-state index in [0.29, 0.717) is 5.56 Å². The van der Waals surface area contributed by atoms with Crippen molar-refractivity contribution in [3.05, 3.63) is 65.0 Å². The molecule has 0 fully saturated rings. The topological polar surface area (TPSA) is 33.1 Å². The molecular formula is C17H17F2NO. The highest BCUT2D eigenvalue weighted by atomic mass is 19.3. The summed E-state index contributed by atoms with van der Waals surface area (Å²) >= 11 is 0. The number of rotatable bonds is 3. The van der Waals surface area contributed by atoms with Crippen LogP contribution in [0, 0.1) is 0 Å². The average Bonchev–Trinajstić information content (AvgIpc) is 2.53. The molecule has 1 aliphatic carbocycles. The molecule has 0 amide bonds. The van der Waals surface area contributed by atoms with E-state index >= 15 is 0 Å². The van der Waals surface area contributed by atoms with E-state index in [4.69, 9.17) is 0 Å². The van der Waals surface area contributed by atoms with Crippen LogP contribution in [-0.2, 0) is 6.42 Å². The standard InChI is InChI=1S/C17H17F2NO/c18-17(19)13-6-1-5-12(10-13)16(21)14-8-2-4-11-7-3-9-20-15(11)14/h1,3,5-7,9-10,14,16-17,21H,2,4,8H2. The molecule has 1 aromatic heterocycles. The van der Waals surface area contributed by atoms with Gasteiger partial charge in [0.05, 0.1) is 6.10 Å². The lowest BCUT2D eigenvalue weighted by atomic mass is 9.81. The zero-order valence-electron chi connectivity index (χ0n) is 11.5. The number of nitrogens with zero attached hydrogens (tertiary/aromatic N) is 1. The first-order valence-electron chi connectivity index (χ1n) is 7.16. The van der Waals surface area contributed by atoms with Crippen LogP contribution in [0.25, 0.3) is 0 Å². The number of hydrogen-bond acceptors (Lipinski definition) is 2. The zero-order chi connectivity index (χ0) is 14.8. The Morgan fingerprint density at radius 3 is 2.76 bits per heavy atom. The highest BCUT2D eigenvalue weighted by Crippen LogP contribution is 2.39. The van der Waals surface area contributed by atoms with Gasteiger partial charge < -0.3 is 5.11 Å². The molecule has 0 saturated carbocycles. The first kappa shape index (κ1) is 14.1. The quantitative estimate of drug-likeness (QED) is 0.919. The summed E-state index contributed by atoms with van der Waals surface area (Å²) in [6.45, 7) is 0. The molecule has 3 rings (SSSR count). The number of pyridine rings is 1. The van der Waals surface area contributed by atoms with Crippen molar-refractivity contribution in [2.45, 2.75) is 37.7 Å². The minimum atomic E-state index is -2.52. The van der Waals surface area contributed by atoms with Crippen LogP contribution in [0.15, 0.2) is 42.6 Å². The average molecular weight is 289 g/mol. The van der Waals surface area contributed by atoms with E-state index in [9.17, 15) is 13.9 Å². The molecule has 21 heavy (non-hydrogen) atoms. The molecular weight excluding hydrogens is 272 g/mol. The molecule has 0 saturated heterocycles. The molecule has 110 valence electrons. The Morgan fingerprint density at radius 1 is 1.14 bits per heavy atom. The summed E-state index contributed by atoms with van der Waals surface area (Å²) in [4.78, 5) is 4.40. The Kier molecular flexibility index (Phi) is 3.97. The fourth-order valence-electron chi connectivity index (χ4n) is 3.06. The summed E-state index contributed by atoms with van der Waals surface area (Å²) in [6.07, 6.45) is 1.17. The number of halogens is 2. The molecule has 0 spiro atoms. The van der Waals surface area contributed by atoms with Gasteiger partial charge in [-0.1, -0.05) is 24.3 Å². The SMILES string of the molecule is OC(c1cccc(C(F)F)c1)C1CCCc2cccnc21. The Bertz CT molecular complexity index is 630. The maximum atomic E-state index is 12.8. The second-order valence-corrected chi connectivity index (χ2v) is 5.46. The molecule has 2 aromatic rings. The minimum Gasteiger partial charge on any atom is -0.388 e. The Morgan fingerprint density at radius 2 is 1.95 bits per heavy atom. The van der Waals surface area contributed by atoms with Crippen LogP contribution < -0.4 is 0 Å². The summed E-state index contributed by atoms with van der Waals surface area (Å²) in [5, 5.41) is 10.6. The monoisotopic (exact) mass is 289 g/mol. The second kappa shape index (κ2) is 5.90. The van der Waals surface area contributed by atoms with E-state index in [1.54, 1.807) is 18.3 Å². The van der Waals surface area contributed by atoms with Crippen molar-refractivity contribution >= 4 is 0 Å².